The highest BCUT2D eigenvalue weighted by atomic mass is 16.1. The smallest absolute Gasteiger partial charge is 0.216 e. The molecule has 0 aliphatic carbocycles. The lowest BCUT2D eigenvalue weighted by molar-refractivity contribution is 0.542. The predicted molar refractivity (Wildman–Crippen MR) is 36.5 cm³/mol. The lowest BCUT2D eigenvalue weighted by Gasteiger charge is -1.93. The molecule has 4 N–H and O–H groups in total. The maximum Gasteiger partial charge on any atom is 0.216 e. The lowest BCUT2D eigenvalue weighted by atomic mass is 10.2. The summed E-state index contributed by atoms with van der Waals surface area (Å²) in [6.45, 7) is 0.492. The molecule has 0 saturated heterocycles. The molecule has 0 aromatic heterocycles. The van der Waals surface area contributed by atoms with E-state index in [2.05, 4.69) is 0 Å². The summed E-state index contributed by atoms with van der Waals surface area (Å²) in [7, 11) is 0. The molecule has 0 amide bonds. The first kappa shape index (κ1) is 8.33. The van der Waals surface area contributed by atoms with E-state index >= 15 is 0 Å². The molecule has 0 aromatic carbocycles. The second-order valence-electron chi connectivity index (χ2n) is 1.67. The van der Waals surface area contributed by atoms with E-state index in [-0.39, 0.29) is 0 Å². The number of rotatable bonds is 4. The Balaban J connectivity index is 3.25. The van der Waals surface area contributed by atoms with Gasteiger partial charge in [0.15, 0.2) is 0 Å². The van der Waals surface area contributed by atoms with Crippen molar-refractivity contribution in [3.05, 3.63) is 12.2 Å². The van der Waals surface area contributed by atoms with E-state index in [1.54, 1.807) is 18.4 Å². The van der Waals surface area contributed by atoms with Crippen LogP contribution >= 0.6 is 0 Å². The van der Waals surface area contributed by atoms with E-state index in [0.717, 1.165) is 0 Å². The van der Waals surface area contributed by atoms with Gasteiger partial charge in [0.2, 0.25) is 6.29 Å². The van der Waals surface area contributed by atoms with Gasteiger partial charge in [-0.05, 0) is 6.42 Å². The van der Waals surface area contributed by atoms with Crippen molar-refractivity contribution in [3.8, 4) is 0 Å². The van der Waals surface area contributed by atoms with Crippen molar-refractivity contribution in [2.24, 2.45) is 11.5 Å². The van der Waals surface area contributed by atoms with Crippen LogP contribution in [0.4, 0.5) is 0 Å². The molecule has 0 saturated carbocycles. The second kappa shape index (κ2) is 5.47. The summed E-state index contributed by atoms with van der Waals surface area (Å²) < 4.78 is 0. The molecule has 0 aromatic rings. The van der Waals surface area contributed by atoms with Gasteiger partial charge in [0.1, 0.15) is 0 Å². The number of nitrogens with two attached hydrogens (primary N) is 2. The van der Waals surface area contributed by atoms with Crippen LogP contribution in [-0.2, 0) is 4.79 Å². The van der Waals surface area contributed by atoms with Crippen LogP contribution in [0.3, 0.4) is 0 Å². The minimum Gasteiger partial charge on any atom is -0.327 e. The van der Waals surface area contributed by atoms with Crippen LogP contribution in [0.1, 0.15) is 6.42 Å². The summed E-state index contributed by atoms with van der Waals surface area (Å²) in [4.78, 5) is 9.78. The van der Waals surface area contributed by atoms with Gasteiger partial charge in [-0.2, -0.15) is 0 Å². The fourth-order valence-electron chi connectivity index (χ4n) is 0.387. The summed E-state index contributed by atoms with van der Waals surface area (Å²) in [5.74, 6) is 0. The van der Waals surface area contributed by atoms with Crippen molar-refractivity contribution >= 4 is 6.29 Å². The fourth-order valence-corrected chi connectivity index (χ4v) is 0.387. The van der Waals surface area contributed by atoms with Gasteiger partial charge >= 0.3 is 0 Å². The quantitative estimate of drug-likeness (QED) is 0.492. The molecule has 3 nitrogen and oxygen atoms in total. The third-order valence-electron chi connectivity index (χ3n) is 0.844. The molecule has 0 spiro atoms. The standard InChI is InChI=1S/C6H11N2O/c7-4-2-1-3-6(8)5-9/h1-2,6H,3-4,7-8H2/b2-1+/t6-/m0/s1. The van der Waals surface area contributed by atoms with Crippen LogP contribution < -0.4 is 11.5 Å². The van der Waals surface area contributed by atoms with E-state index in [0.29, 0.717) is 13.0 Å². The topological polar surface area (TPSA) is 69.1 Å². The first-order valence-electron chi connectivity index (χ1n) is 2.79. The maximum absolute atomic E-state index is 9.78. The van der Waals surface area contributed by atoms with Crippen LogP contribution in [0.2, 0.25) is 0 Å². The van der Waals surface area contributed by atoms with E-state index in [1.807, 2.05) is 0 Å². The lowest BCUT2D eigenvalue weighted by Crippen LogP contribution is -2.19. The summed E-state index contributed by atoms with van der Waals surface area (Å²) in [6, 6.07) is -0.493. The van der Waals surface area contributed by atoms with Crippen molar-refractivity contribution in [1.82, 2.24) is 0 Å². The van der Waals surface area contributed by atoms with E-state index in [1.165, 1.54) is 0 Å². The second-order valence-corrected chi connectivity index (χ2v) is 1.67. The Bertz CT molecular complexity index is 101. The van der Waals surface area contributed by atoms with Gasteiger partial charge in [0, 0.05) is 6.54 Å². The molecule has 9 heavy (non-hydrogen) atoms. The average molecular weight is 127 g/mol. The normalized spacial score (nSPS) is 14.0. The monoisotopic (exact) mass is 127 g/mol. The van der Waals surface area contributed by atoms with E-state index in [4.69, 9.17) is 11.5 Å². The van der Waals surface area contributed by atoms with E-state index in [9.17, 15) is 4.79 Å². The first-order valence-corrected chi connectivity index (χ1v) is 2.79. The van der Waals surface area contributed by atoms with Gasteiger partial charge in [-0.3, -0.25) is 4.79 Å². The van der Waals surface area contributed by atoms with Crippen LogP contribution in [-0.4, -0.2) is 18.9 Å². The highest BCUT2D eigenvalue weighted by Crippen LogP contribution is 1.84. The van der Waals surface area contributed by atoms with Crippen LogP contribution in [0, 0.1) is 0 Å². The van der Waals surface area contributed by atoms with Crippen LogP contribution in [0.5, 0.6) is 0 Å². The predicted octanol–water partition coefficient (Wildman–Crippen LogP) is -0.672. The Morgan fingerprint density at radius 1 is 1.56 bits per heavy atom. The third kappa shape index (κ3) is 5.20. The Morgan fingerprint density at radius 2 is 2.22 bits per heavy atom. The Kier molecular flexibility index (Phi) is 5.06. The molecule has 0 aliphatic heterocycles. The summed E-state index contributed by atoms with van der Waals surface area (Å²) in [5.41, 5.74) is 10.3. The summed E-state index contributed by atoms with van der Waals surface area (Å²) >= 11 is 0. The van der Waals surface area contributed by atoms with Crippen molar-refractivity contribution < 1.29 is 4.79 Å². The van der Waals surface area contributed by atoms with Gasteiger partial charge < -0.3 is 11.5 Å². The Morgan fingerprint density at radius 3 is 2.67 bits per heavy atom. The third-order valence-corrected chi connectivity index (χ3v) is 0.844. The van der Waals surface area contributed by atoms with Crippen molar-refractivity contribution in [2.45, 2.75) is 12.5 Å². The van der Waals surface area contributed by atoms with Gasteiger partial charge in [-0.15, -0.1) is 0 Å². The first-order chi connectivity index (χ1) is 4.31. The highest BCUT2D eigenvalue weighted by molar-refractivity contribution is 5.58. The summed E-state index contributed by atoms with van der Waals surface area (Å²) in [5, 5.41) is 0. The summed E-state index contributed by atoms with van der Waals surface area (Å²) in [6.07, 6.45) is 5.72. The van der Waals surface area contributed by atoms with Crippen molar-refractivity contribution in [3.63, 3.8) is 0 Å². The van der Waals surface area contributed by atoms with E-state index < -0.39 is 6.04 Å². The zero-order chi connectivity index (χ0) is 7.11. The fraction of sp³-hybridized carbons (Fsp3) is 0.500. The van der Waals surface area contributed by atoms with Crippen LogP contribution in [0.15, 0.2) is 12.2 Å². The molecule has 3 heteroatoms. The molecular weight excluding hydrogens is 116 g/mol. The Hall–Kier alpha value is -0.670. The molecule has 0 aliphatic rings. The van der Waals surface area contributed by atoms with Crippen molar-refractivity contribution in [1.29, 1.82) is 0 Å². The minimum atomic E-state index is -0.493. The van der Waals surface area contributed by atoms with Gasteiger partial charge in [0.05, 0.1) is 6.04 Å². The van der Waals surface area contributed by atoms with Gasteiger partial charge in [0.25, 0.3) is 0 Å². The van der Waals surface area contributed by atoms with Gasteiger partial charge in [-0.25, -0.2) is 0 Å². The molecule has 1 radical (unpaired) electrons. The molecule has 0 bridgehead atoms. The largest absolute Gasteiger partial charge is 0.327 e. The molecule has 0 rings (SSSR count). The molecule has 0 fully saturated rings. The maximum atomic E-state index is 9.78. The zero-order valence-corrected chi connectivity index (χ0v) is 5.21. The molecule has 0 heterocycles. The average Bonchev–Trinajstić information content (AvgIpc) is 1.89. The number of hydrogen-bond acceptors (Lipinski definition) is 3. The molecular formula is C6H11N2O. The SMILES string of the molecule is NC/C=C/C[C@H](N)[C]=O. The highest BCUT2D eigenvalue weighted by Gasteiger charge is 1.94. The molecule has 0 unspecified atom stereocenters. The van der Waals surface area contributed by atoms with Crippen LogP contribution in [0.25, 0.3) is 0 Å². The zero-order valence-electron chi connectivity index (χ0n) is 5.21. The Labute approximate surface area is 54.7 Å². The molecule has 1 atom stereocenters. The minimum absolute atomic E-state index is 0.492. The van der Waals surface area contributed by atoms with Gasteiger partial charge in [-0.1, -0.05) is 12.2 Å². The molecule has 51 valence electrons. The number of carbonyl (C=O) groups excluding carboxylic acids is 1. The number of hydrogen-bond donors (Lipinski definition) is 2. The van der Waals surface area contributed by atoms with Crippen molar-refractivity contribution in [2.75, 3.05) is 6.54 Å².